The lowest BCUT2D eigenvalue weighted by Gasteiger charge is -2.13. The van der Waals surface area contributed by atoms with Gasteiger partial charge >= 0.3 is 12.1 Å². The molecule has 0 fully saturated rings. The summed E-state index contributed by atoms with van der Waals surface area (Å²) in [6.45, 7) is 6.50. The van der Waals surface area contributed by atoms with E-state index in [2.05, 4.69) is 12.2 Å². The fourth-order valence-corrected chi connectivity index (χ4v) is 2.01. The van der Waals surface area contributed by atoms with Crippen molar-refractivity contribution >= 4 is 12.1 Å². The van der Waals surface area contributed by atoms with Crippen LogP contribution in [0, 0.1) is 0 Å². The number of unbranched alkanes of at least 4 members (excludes halogenated alkanes) is 7. The predicted molar refractivity (Wildman–Crippen MR) is 87.8 cm³/mol. The van der Waals surface area contributed by atoms with Crippen LogP contribution in [-0.2, 0) is 14.3 Å². The summed E-state index contributed by atoms with van der Waals surface area (Å²) in [5, 5.41) is 2.46. The summed E-state index contributed by atoms with van der Waals surface area (Å²) in [6.07, 6.45) is 9.82. The Morgan fingerprint density at radius 3 is 2.00 bits per heavy atom. The average molecular weight is 315 g/mol. The minimum Gasteiger partial charge on any atom is -0.464 e. The maximum atomic E-state index is 11.7. The minimum atomic E-state index is -0.668. The molecule has 0 aliphatic rings. The number of esters is 1. The first kappa shape index (κ1) is 20.7. The number of carbonyl (C=O) groups is 2. The molecule has 0 aromatic heterocycles. The van der Waals surface area contributed by atoms with Crippen molar-refractivity contribution in [3.8, 4) is 0 Å². The highest BCUT2D eigenvalue weighted by Gasteiger charge is 2.17. The quantitative estimate of drug-likeness (QED) is 0.409. The molecular formula is C17H33NO4. The fourth-order valence-electron chi connectivity index (χ4n) is 2.01. The van der Waals surface area contributed by atoms with Crippen molar-refractivity contribution in [1.82, 2.24) is 5.32 Å². The standard InChI is InChI=1S/C17H33NO4/c1-4-6-7-8-9-10-11-12-14-21-16(19)15(3)18-17(20)22-13-5-2/h15H,4-14H2,1-3H3,(H,18,20)/t15-/m0/s1. The van der Waals surface area contributed by atoms with E-state index in [1.54, 1.807) is 6.92 Å². The van der Waals surface area contributed by atoms with Gasteiger partial charge in [-0.05, 0) is 19.8 Å². The maximum Gasteiger partial charge on any atom is 0.407 e. The van der Waals surface area contributed by atoms with Crippen molar-refractivity contribution in [2.24, 2.45) is 0 Å². The summed E-state index contributed by atoms with van der Waals surface area (Å²) in [4.78, 5) is 23.0. The van der Waals surface area contributed by atoms with Crippen molar-refractivity contribution in [2.75, 3.05) is 13.2 Å². The molecule has 0 aliphatic carbocycles. The first-order chi connectivity index (χ1) is 10.6. The first-order valence-electron chi connectivity index (χ1n) is 8.71. The summed E-state index contributed by atoms with van der Waals surface area (Å²) >= 11 is 0. The van der Waals surface area contributed by atoms with Gasteiger partial charge in [0, 0.05) is 0 Å². The summed E-state index contributed by atoms with van der Waals surface area (Å²) in [5.74, 6) is -0.406. The first-order valence-corrected chi connectivity index (χ1v) is 8.71. The van der Waals surface area contributed by atoms with Crippen LogP contribution in [0.2, 0.25) is 0 Å². The van der Waals surface area contributed by atoms with Crippen molar-refractivity contribution < 1.29 is 19.1 Å². The molecule has 1 amide bonds. The van der Waals surface area contributed by atoms with Crippen LogP contribution in [0.15, 0.2) is 0 Å². The lowest BCUT2D eigenvalue weighted by molar-refractivity contribution is -0.145. The molecule has 1 N–H and O–H groups in total. The largest absolute Gasteiger partial charge is 0.464 e. The van der Waals surface area contributed by atoms with Gasteiger partial charge in [-0.15, -0.1) is 0 Å². The second-order valence-corrected chi connectivity index (χ2v) is 5.64. The van der Waals surface area contributed by atoms with E-state index in [1.165, 1.54) is 38.5 Å². The highest BCUT2D eigenvalue weighted by atomic mass is 16.6. The van der Waals surface area contributed by atoms with Crippen LogP contribution in [0.4, 0.5) is 4.79 Å². The Labute approximate surface area is 135 Å². The molecule has 0 unspecified atom stereocenters. The molecule has 5 nitrogen and oxygen atoms in total. The fraction of sp³-hybridized carbons (Fsp3) is 0.882. The zero-order valence-corrected chi connectivity index (χ0v) is 14.5. The Hall–Kier alpha value is -1.26. The number of rotatable bonds is 13. The van der Waals surface area contributed by atoms with Gasteiger partial charge in [-0.25, -0.2) is 9.59 Å². The minimum absolute atomic E-state index is 0.353. The van der Waals surface area contributed by atoms with Gasteiger partial charge in [0.15, 0.2) is 0 Å². The van der Waals surface area contributed by atoms with Crippen LogP contribution in [-0.4, -0.2) is 31.3 Å². The number of ether oxygens (including phenoxy) is 2. The molecule has 0 aliphatic heterocycles. The van der Waals surface area contributed by atoms with E-state index >= 15 is 0 Å². The van der Waals surface area contributed by atoms with E-state index in [0.717, 1.165) is 19.3 Å². The van der Waals surface area contributed by atoms with Gasteiger partial charge in [0.2, 0.25) is 0 Å². The Balaban J connectivity index is 3.49. The van der Waals surface area contributed by atoms with E-state index in [0.29, 0.717) is 13.2 Å². The van der Waals surface area contributed by atoms with Gasteiger partial charge in [0.1, 0.15) is 6.04 Å². The topological polar surface area (TPSA) is 64.6 Å². The molecule has 0 heterocycles. The van der Waals surface area contributed by atoms with Gasteiger partial charge in [-0.1, -0.05) is 58.8 Å². The zero-order chi connectivity index (χ0) is 16.6. The third kappa shape index (κ3) is 12.5. The van der Waals surface area contributed by atoms with E-state index < -0.39 is 18.1 Å². The zero-order valence-electron chi connectivity index (χ0n) is 14.5. The van der Waals surface area contributed by atoms with Crippen LogP contribution < -0.4 is 5.32 Å². The second kappa shape index (κ2) is 14.7. The number of hydrogen-bond donors (Lipinski definition) is 1. The van der Waals surface area contributed by atoms with E-state index in [9.17, 15) is 9.59 Å². The van der Waals surface area contributed by atoms with Crippen molar-refractivity contribution in [3.63, 3.8) is 0 Å². The van der Waals surface area contributed by atoms with Crippen molar-refractivity contribution in [2.45, 2.75) is 84.6 Å². The van der Waals surface area contributed by atoms with E-state index in [4.69, 9.17) is 9.47 Å². The molecule has 0 aromatic carbocycles. The highest BCUT2D eigenvalue weighted by Crippen LogP contribution is 2.08. The van der Waals surface area contributed by atoms with Gasteiger partial charge in [0.05, 0.1) is 13.2 Å². The van der Waals surface area contributed by atoms with Crippen LogP contribution >= 0.6 is 0 Å². The lowest BCUT2D eigenvalue weighted by Crippen LogP contribution is -2.40. The lowest BCUT2D eigenvalue weighted by atomic mass is 10.1. The molecule has 1 atom stereocenters. The normalized spacial score (nSPS) is 11.8. The smallest absolute Gasteiger partial charge is 0.407 e. The molecule has 0 saturated heterocycles. The Morgan fingerprint density at radius 2 is 1.41 bits per heavy atom. The molecule has 0 rings (SSSR count). The number of amides is 1. The van der Waals surface area contributed by atoms with E-state index in [-0.39, 0.29) is 0 Å². The monoisotopic (exact) mass is 315 g/mol. The molecule has 130 valence electrons. The molecule has 0 bridgehead atoms. The molecule has 0 saturated carbocycles. The Bertz CT molecular complexity index is 294. The third-order valence-corrected chi connectivity index (χ3v) is 3.37. The third-order valence-electron chi connectivity index (χ3n) is 3.37. The molecule has 0 aromatic rings. The van der Waals surface area contributed by atoms with Crippen LogP contribution in [0.25, 0.3) is 0 Å². The second-order valence-electron chi connectivity index (χ2n) is 5.64. The molecular weight excluding hydrogens is 282 g/mol. The number of nitrogens with one attached hydrogen (secondary N) is 1. The number of alkyl carbamates (subject to hydrolysis) is 1. The van der Waals surface area contributed by atoms with Crippen LogP contribution in [0.5, 0.6) is 0 Å². The summed E-state index contributed by atoms with van der Waals surface area (Å²) < 4.78 is 10.00. The SMILES string of the molecule is CCCCCCCCCCOC(=O)[C@H](C)NC(=O)OCCC. The van der Waals surface area contributed by atoms with Gasteiger partial charge in [0.25, 0.3) is 0 Å². The molecule has 0 spiro atoms. The Kier molecular flexibility index (Phi) is 13.8. The maximum absolute atomic E-state index is 11.7. The molecule has 22 heavy (non-hydrogen) atoms. The van der Waals surface area contributed by atoms with Gasteiger partial charge in [-0.2, -0.15) is 0 Å². The summed E-state index contributed by atoms with van der Waals surface area (Å²) in [7, 11) is 0. The van der Waals surface area contributed by atoms with Gasteiger partial charge in [-0.3, -0.25) is 0 Å². The molecule has 5 heteroatoms. The van der Waals surface area contributed by atoms with Crippen molar-refractivity contribution in [3.05, 3.63) is 0 Å². The van der Waals surface area contributed by atoms with Crippen LogP contribution in [0.3, 0.4) is 0 Å². The van der Waals surface area contributed by atoms with E-state index in [1.807, 2.05) is 6.92 Å². The van der Waals surface area contributed by atoms with Gasteiger partial charge < -0.3 is 14.8 Å². The summed E-state index contributed by atoms with van der Waals surface area (Å²) in [6, 6.07) is -0.668. The Morgan fingerprint density at radius 1 is 0.818 bits per heavy atom. The number of hydrogen-bond acceptors (Lipinski definition) is 4. The number of carbonyl (C=O) groups excluding carboxylic acids is 2. The molecule has 0 radical (unpaired) electrons. The predicted octanol–water partition coefficient (Wildman–Crippen LogP) is 4.20. The summed E-state index contributed by atoms with van der Waals surface area (Å²) in [5.41, 5.74) is 0. The van der Waals surface area contributed by atoms with Crippen LogP contribution in [0.1, 0.15) is 78.6 Å². The average Bonchev–Trinajstić information content (AvgIpc) is 2.51. The van der Waals surface area contributed by atoms with Crippen molar-refractivity contribution in [1.29, 1.82) is 0 Å². The highest BCUT2D eigenvalue weighted by molar-refractivity contribution is 5.80.